The van der Waals surface area contributed by atoms with Crippen LogP contribution >= 0.6 is 0 Å². The van der Waals surface area contributed by atoms with E-state index < -0.39 is 0 Å². The lowest BCUT2D eigenvalue weighted by atomic mass is 10.1. The summed E-state index contributed by atoms with van der Waals surface area (Å²) in [7, 11) is 0. The molecule has 1 aromatic heterocycles. The maximum absolute atomic E-state index is 9.18. The molecule has 0 aliphatic rings. The van der Waals surface area contributed by atoms with Crippen molar-refractivity contribution in [2.45, 2.75) is 20.0 Å². The van der Waals surface area contributed by atoms with E-state index in [4.69, 9.17) is 0 Å². The molecule has 0 aliphatic heterocycles. The zero-order chi connectivity index (χ0) is 13.9. The van der Waals surface area contributed by atoms with Crippen LogP contribution in [0.25, 0.3) is 11.0 Å². The van der Waals surface area contributed by atoms with Crippen LogP contribution in [-0.2, 0) is 13.1 Å². The Bertz CT molecular complexity index is 731. The Labute approximate surface area is 118 Å². The van der Waals surface area contributed by atoms with Crippen molar-refractivity contribution in [2.24, 2.45) is 0 Å². The molecular formula is C17H19N2O+. The van der Waals surface area contributed by atoms with Gasteiger partial charge in [0.2, 0.25) is 6.33 Å². The van der Waals surface area contributed by atoms with Gasteiger partial charge in [-0.3, -0.25) is 0 Å². The van der Waals surface area contributed by atoms with Crippen molar-refractivity contribution >= 4 is 11.0 Å². The third kappa shape index (κ3) is 2.45. The number of fused-ring (bicyclic) bond motifs is 1. The van der Waals surface area contributed by atoms with Gasteiger partial charge in [-0.25, -0.2) is 9.13 Å². The number of hydrogen-bond acceptors (Lipinski definition) is 1. The number of nitrogens with zero attached hydrogens (tertiary/aromatic N) is 2. The minimum absolute atomic E-state index is 0.156. The van der Waals surface area contributed by atoms with Crippen LogP contribution in [0.3, 0.4) is 0 Å². The van der Waals surface area contributed by atoms with Crippen molar-refractivity contribution in [1.82, 2.24) is 4.57 Å². The summed E-state index contributed by atoms with van der Waals surface area (Å²) in [5.41, 5.74) is 4.93. The average molecular weight is 267 g/mol. The zero-order valence-corrected chi connectivity index (χ0v) is 11.7. The van der Waals surface area contributed by atoms with Gasteiger partial charge in [0.05, 0.1) is 6.61 Å². The van der Waals surface area contributed by atoms with Gasteiger partial charge in [-0.1, -0.05) is 42.0 Å². The van der Waals surface area contributed by atoms with Gasteiger partial charge in [-0.05, 0) is 24.6 Å². The predicted octanol–water partition coefficient (Wildman–Crippen LogP) is 2.28. The van der Waals surface area contributed by atoms with Gasteiger partial charge in [0, 0.05) is 0 Å². The summed E-state index contributed by atoms with van der Waals surface area (Å²) in [6, 6.07) is 16.9. The minimum Gasteiger partial charge on any atom is -0.392 e. The highest BCUT2D eigenvalue weighted by Gasteiger charge is 2.14. The number of para-hydroxylation sites is 2. The summed E-state index contributed by atoms with van der Waals surface area (Å²) in [6.45, 7) is 3.74. The van der Waals surface area contributed by atoms with E-state index in [-0.39, 0.29) is 6.61 Å². The predicted molar refractivity (Wildman–Crippen MR) is 79.5 cm³/mol. The number of aliphatic hydroxyl groups is 1. The van der Waals surface area contributed by atoms with Crippen LogP contribution in [0.2, 0.25) is 0 Å². The van der Waals surface area contributed by atoms with Crippen LogP contribution in [0.5, 0.6) is 0 Å². The van der Waals surface area contributed by atoms with Crippen LogP contribution in [-0.4, -0.2) is 16.3 Å². The summed E-state index contributed by atoms with van der Waals surface area (Å²) in [5.74, 6) is 0. The van der Waals surface area contributed by atoms with Crippen LogP contribution < -0.4 is 4.57 Å². The number of hydrogen-bond donors (Lipinski definition) is 1. The lowest BCUT2D eigenvalue weighted by Gasteiger charge is -2.00. The van der Waals surface area contributed by atoms with Gasteiger partial charge in [-0.15, -0.1) is 0 Å². The maximum Gasteiger partial charge on any atom is 0.245 e. The fourth-order valence-corrected chi connectivity index (χ4v) is 2.66. The third-order valence-corrected chi connectivity index (χ3v) is 3.56. The van der Waals surface area contributed by atoms with Crippen molar-refractivity contribution in [1.29, 1.82) is 0 Å². The summed E-state index contributed by atoms with van der Waals surface area (Å²) >= 11 is 0. The van der Waals surface area contributed by atoms with Gasteiger partial charge in [0.15, 0.2) is 11.0 Å². The van der Waals surface area contributed by atoms with Gasteiger partial charge in [0.1, 0.15) is 13.1 Å². The quantitative estimate of drug-likeness (QED) is 0.722. The number of imidazole rings is 1. The number of rotatable bonds is 4. The lowest BCUT2D eigenvalue weighted by Crippen LogP contribution is -2.32. The second-order valence-corrected chi connectivity index (χ2v) is 5.14. The molecule has 102 valence electrons. The van der Waals surface area contributed by atoms with Crippen molar-refractivity contribution in [3.8, 4) is 0 Å². The molecule has 0 fully saturated rings. The molecule has 0 atom stereocenters. The highest BCUT2D eigenvalue weighted by atomic mass is 16.3. The SMILES string of the molecule is Cc1cccc(C[n+]2cn(CCO)c3ccccc32)c1. The Balaban J connectivity index is 2.03. The van der Waals surface area contributed by atoms with E-state index in [1.165, 1.54) is 16.6 Å². The smallest absolute Gasteiger partial charge is 0.245 e. The van der Waals surface area contributed by atoms with E-state index >= 15 is 0 Å². The molecule has 20 heavy (non-hydrogen) atoms. The van der Waals surface area contributed by atoms with Crippen LogP contribution in [0.15, 0.2) is 54.9 Å². The minimum atomic E-state index is 0.156. The standard InChI is InChI=1S/C17H19N2O/c1-14-5-4-6-15(11-14)12-19-13-18(9-10-20)16-7-2-3-8-17(16)19/h2-8,11,13,20H,9-10,12H2,1H3/q+1. The Morgan fingerprint density at radius 3 is 2.75 bits per heavy atom. The average Bonchev–Trinajstić information content (AvgIpc) is 2.78. The van der Waals surface area contributed by atoms with Gasteiger partial charge >= 0.3 is 0 Å². The molecule has 0 unspecified atom stereocenters. The first-order valence-corrected chi connectivity index (χ1v) is 6.91. The van der Waals surface area contributed by atoms with E-state index in [2.05, 4.69) is 64.8 Å². The van der Waals surface area contributed by atoms with Gasteiger partial charge in [-0.2, -0.15) is 0 Å². The molecule has 0 aliphatic carbocycles. The summed E-state index contributed by atoms with van der Waals surface area (Å²) < 4.78 is 4.34. The van der Waals surface area contributed by atoms with E-state index in [1.54, 1.807) is 0 Å². The molecule has 0 bridgehead atoms. The molecule has 0 spiro atoms. The van der Waals surface area contributed by atoms with Gasteiger partial charge < -0.3 is 5.11 Å². The van der Waals surface area contributed by atoms with Crippen molar-refractivity contribution in [3.63, 3.8) is 0 Å². The number of aliphatic hydroxyl groups excluding tert-OH is 1. The van der Waals surface area contributed by atoms with E-state index in [9.17, 15) is 5.11 Å². The molecular weight excluding hydrogens is 248 g/mol. The molecule has 0 saturated carbocycles. The van der Waals surface area contributed by atoms with Crippen molar-refractivity contribution in [3.05, 3.63) is 66.0 Å². The molecule has 2 aromatic carbocycles. The number of aromatic nitrogens is 2. The second-order valence-electron chi connectivity index (χ2n) is 5.14. The van der Waals surface area contributed by atoms with Crippen molar-refractivity contribution < 1.29 is 9.67 Å². The monoisotopic (exact) mass is 267 g/mol. The Hall–Kier alpha value is -2.13. The maximum atomic E-state index is 9.18. The fourth-order valence-electron chi connectivity index (χ4n) is 2.66. The van der Waals surface area contributed by atoms with Crippen LogP contribution in [0.4, 0.5) is 0 Å². The number of benzene rings is 2. The first-order valence-electron chi connectivity index (χ1n) is 6.91. The molecule has 1 N–H and O–H groups in total. The first-order chi connectivity index (χ1) is 9.78. The summed E-state index contributed by atoms with van der Waals surface area (Å²) in [5, 5.41) is 9.18. The molecule has 0 radical (unpaired) electrons. The second kappa shape index (κ2) is 5.47. The van der Waals surface area contributed by atoms with E-state index in [0.29, 0.717) is 6.54 Å². The molecule has 3 nitrogen and oxygen atoms in total. The molecule has 3 heteroatoms. The fraction of sp³-hybridized carbons (Fsp3) is 0.235. The summed E-state index contributed by atoms with van der Waals surface area (Å²) in [6.07, 6.45) is 2.09. The van der Waals surface area contributed by atoms with Gasteiger partial charge in [0.25, 0.3) is 0 Å². The lowest BCUT2D eigenvalue weighted by molar-refractivity contribution is -0.663. The van der Waals surface area contributed by atoms with Crippen LogP contribution in [0, 0.1) is 6.92 Å². The van der Waals surface area contributed by atoms with Crippen molar-refractivity contribution in [2.75, 3.05) is 6.61 Å². The highest BCUT2D eigenvalue weighted by molar-refractivity contribution is 5.71. The van der Waals surface area contributed by atoms with E-state index in [1.807, 2.05) is 6.07 Å². The Kier molecular flexibility index (Phi) is 3.52. The molecule has 0 saturated heterocycles. The Morgan fingerprint density at radius 2 is 1.95 bits per heavy atom. The zero-order valence-electron chi connectivity index (χ0n) is 11.7. The normalized spacial score (nSPS) is 11.1. The molecule has 3 rings (SSSR count). The molecule has 1 heterocycles. The number of aryl methyl sites for hydroxylation is 1. The largest absolute Gasteiger partial charge is 0.392 e. The summed E-state index contributed by atoms with van der Waals surface area (Å²) in [4.78, 5) is 0. The van der Waals surface area contributed by atoms with Crippen LogP contribution in [0.1, 0.15) is 11.1 Å². The topological polar surface area (TPSA) is 29.0 Å². The van der Waals surface area contributed by atoms with E-state index in [0.717, 1.165) is 12.1 Å². The third-order valence-electron chi connectivity index (χ3n) is 3.56. The Morgan fingerprint density at radius 1 is 1.10 bits per heavy atom. The molecule has 3 aromatic rings. The first kappa shape index (κ1) is 12.9. The highest BCUT2D eigenvalue weighted by Crippen LogP contribution is 2.12. The molecule has 0 amide bonds.